The van der Waals surface area contributed by atoms with Crippen LogP contribution >= 0.6 is 11.3 Å². The second-order valence-corrected chi connectivity index (χ2v) is 7.72. The maximum absolute atomic E-state index is 12.7. The van der Waals surface area contributed by atoms with Crippen LogP contribution in [0.15, 0.2) is 53.9 Å². The van der Waals surface area contributed by atoms with Crippen molar-refractivity contribution in [3.8, 4) is 22.4 Å². The minimum atomic E-state index is -0.667. The first kappa shape index (κ1) is 23.0. The highest BCUT2D eigenvalue weighted by atomic mass is 32.1. The molecule has 0 spiro atoms. The monoisotopic (exact) mass is 449 g/mol. The fourth-order valence-electron chi connectivity index (χ4n) is 2.92. The van der Waals surface area contributed by atoms with E-state index in [0.29, 0.717) is 23.1 Å². The van der Waals surface area contributed by atoms with Gasteiger partial charge in [0.25, 0.3) is 5.91 Å². The summed E-state index contributed by atoms with van der Waals surface area (Å²) in [7, 11) is 0. The molecule has 32 heavy (non-hydrogen) atoms. The third kappa shape index (κ3) is 5.93. The van der Waals surface area contributed by atoms with Crippen LogP contribution in [0.4, 0.5) is 5.69 Å². The van der Waals surface area contributed by atoms with Crippen LogP contribution in [0, 0.1) is 18.3 Å². The lowest BCUT2D eigenvalue weighted by atomic mass is 10.2. The second-order valence-electron chi connectivity index (χ2n) is 6.86. The molecule has 0 saturated heterocycles. The number of carbonyl (C=O) groups is 2. The highest BCUT2D eigenvalue weighted by Crippen LogP contribution is 2.24. The molecule has 1 heterocycles. The molecule has 0 N–H and O–H groups in total. The summed E-state index contributed by atoms with van der Waals surface area (Å²) >= 11 is 1.34. The zero-order valence-corrected chi connectivity index (χ0v) is 18.7. The fraction of sp³-hybridized carbons (Fsp3) is 0.250. The highest BCUT2D eigenvalue weighted by molar-refractivity contribution is 7.13. The van der Waals surface area contributed by atoms with E-state index in [1.165, 1.54) is 16.2 Å². The minimum absolute atomic E-state index is 0.152. The van der Waals surface area contributed by atoms with Crippen molar-refractivity contribution in [1.82, 2.24) is 4.98 Å². The van der Waals surface area contributed by atoms with Crippen LogP contribution in [-0.2, 0) is 9.53 Å². The summed E-state index contributed by atoms with van der Waals surface area (Å²) in [6.07, 6.45) is 0.152. The Bertz CT molecular complexity index is 1100. The van der Waals surface area contributed by atoms with Gasteiger partial charge < -0.3 is 14.4 Å². The Kier molecular flexibility index (Phi) is 7.95. The molecule has 1 aromatic heterocycles. The number of nitriles is 1. The van der Waals surface area contributed by atoms with Gasteiger partial charge in [0.1, 0.15) is 10.8 Å². The molecule has 0 bridgehead atoms. The molecule has 0 aliphatic heterocycles. The quantitative estimate of drug-likeness (QED) is 0.443. The van der Waals surface area contributed by atoms with Gasteiger partial charge in [0, 0.05) is 23.2 Å². The SMILES string of the molecule is CCOc1ccc(N(CCC#N)C(=O)COC(=O)c2csc(-c3ccc(C)cc3)n2)cc1. The van der Waals surface area contributed by atoms with Crippen molar-refractivity contribution in [3.05, 3.63) is 65.2 Å². The minimum Gasteiger partial charge on any atom is -0.494 e. The van der Waals surface area contributed by atoms with Gasteiger partial charge in [-0.1, -0.05) is 29.8 Å². The van der Waals surface area contributed by atoms with E-state index >= 15 is 0 Å². The number of hydrogen-bond donors (Lipinski definition) is 0. The van der Waals surface area contributed by atoms with Gasteiger partial charge >= 0.3 is 5.97 Å². The number of thiazole rings is 1. The lowest BCUT2D eigenvalue weighted by Crippen LogP contribution is -2.35. The third-order valence-corrected chi connectivity index (χ3v) is 5.44. The number of hydrogen-bond acceptors (Lipinski definition) is 7. The summed E-state index contributed by atoms with van der Waals surface area (Å²) in [5.74, 6) is -0.407. The van der Waals surface area contributed by atoms with E-state index in [1.54, 1.807) is 29.6 Å². The average molecular weight is 450 g/mol. The first-order valence-electron chi connectivity index (χ1n) is 10.1. The van der Waals surface area contributed by atoms with E-state index in [-0.39, 0.29) is 18.7 Å². The van der Waals surface area contributed by atoms with Crippen molar-refractivity contribution in [1.29, 1.82) is 5.26 Å². The van der Waals surface area contributed by atoms with Crippen LogP contribution < -0.4 is 9.64 Å². The van der Waals surface area contributed by atoms with E-state index in [2.05, 4.69) is 4.98 Å². The number of aromatic nitrogens is 1. The number of amides is 1. The molecule has 0 unspecified atom stereocenters. The van der Waals surface area contributed by atoms with Gasteiger partial charge in [-0.05, 0) is 38.1 Å². The predicted molar refractivity (Wildman–Crippen MR) is 123 cm³/mol. The Hall–Kier alpha value is -3.70. The zero-order valence-electron chi connectivity index (χ0n) is 17.9. The van der Waals surface area contributed by atoms with Crippen molar-refractivity contribution >= 4 is 28.9 Å². The average Bonchev–Trinajstić information content (AvgIpc) is 3.30. The van der Waals surface area contributed by atoms with Crippen LogP contribution in [-0.4, -0.2) is 36.6 Å². The summed E-state index contributed by atoms with van der Waals surface area (Å²) in [5.41, 5.74) is 2.80. The van der Waals surface area contributed by atoms with E-state index in [4.69, 9.17) is 14.7 Å². The van der Waals surface area contributed by atoms with Gasteiger partial charge in [0.2, 0.25) is 0 Å². The topological polar surface area (TPSA) is 92.5 Å². The zero-order chi connectivity index (χ0) is 22.9. The van der Waals surface area contributed by atoms with Crippen LogP contribution in [0.5, 0.6) is 5.75 Å². The Morgan fingerprint density at radius 1 is 1.12 bits per heavy atom. The molecule has 2 aromatic carbocycles. The number of aryl methyl sites for hydroxylation is 1. The Morgan fingerprint density at radius 3 is 2.50 bits per heavy atom. The van der Waals surface area contributed by atoms with Gasteiger partial charge in [0.05, 0.1) is 19.1 Å². The van der Waals surface area contributed by atoms with Crippen LogP contribution in [0.2, 0.25) is 0 Å². The van der Waals surface area contributed by atoms with Gasteiger partial charge in [-0.3, -0.25) is 4.79 Å². The molecule has 8 heteroatoms. The van der Waals surface area contributed by atoms with Crippen LogP contribution in [0.25, 0.3) is 10.6 Å². The fourth-order valence-corrected chi connectivity index (χ4v) is 3.72. The number of nitrogens with zero attached hydrogens (tertiary/aromatic N) is 3. The summed E-state index contributed by atoms with van der Waals surface area (Å²) in [5, 5.41) is 11.3. The smallest absolute Gasteiger partial charge is 0.358 e. The standard InChI is InChI=1S/C24H23N3O4S/c1-3-30-20-11-9-19(10-12-20)27(14-4-13-25)22(28)15-31-24(29)21-16-32-23(26-21)18-7-5-17(2)6-8-18/h5-12,16H,3-4,14-15H2,1-2H3. The number of ether oxygens (including phenoxy) is 2. The molecule has 0 radical (unpaired) electrons. The number of benzene rings is 2. The highest BCUT2D eigenvalue weighted by Gasteiger charge is 2.20. The Balaban J connectivity index is 1.64. The molecule has 3 aromatic rings. The molecule has 1 amide bonds. The first-order chi connectivity index (χ1) is 15.5. The van der Waals surface area contributed by atoms with Gasteiger partial charge in [-0.2, -0.15) is 5.26 Å². The number of anilines is 1. The van der Waals surface area contributed by atoms with Crippen molar-refractivity contribution in [2.75, 3.05) is 24.7 Å². The van der Waals surface area contributed by atoms with E-state index < -0.39 is 18.5 Å². The predicted octanol–water partition coefficient (Wildman–Crippen LogP) is 4.62. The molecule has 0 saturated carbocycles. The largest absolute Gasteiger partial charge is 0.494 e. The van der Waals surface area contributed by atoms with Crippen LogP contribution in [0.3, 0.4) is 0 Å². The summed E-state index contributed by atoms with van der Waals surface area (Å²) in [4.78, 5) is 30.9. The van der Waals surface area contributed by atoms with Crippen LogP contribution in [0.1, 0.15) is 29.4 Å². The molecular formula is C24H23N3O4S. The molecule has 0 aliphatic carbocycles. The normalized spacial score (nSPS) is 10.3. The third-order valence-electron chi connectivity index (χ3n) is 4.55. The maximum atomic E-state index is 12.7. The van der Waals surface area contributed by atoms with Gasteiger partial charge in [-0.15, -0.1) is 11.3 Å². The molecule has 0 fully saturated rings. The van der Waals surface area contributed by atoms with Gasteiger partial charge in [0.15, 0.2) is 12.3 Å². The Morgan fingerprint density at radius 2 is 1.84 bits per heavy atom. The summed E-state index contributed by atoms with van der Waals surface area (Å²) < 4.78 is 10.6. The lowest BCUT2D eigenvalue weighted by Gasteiger charge is -2.21. The number of carbonyl (C=O) groups excluding carboxylic acids is 2. The maximum Gasteiger partial charge on any atom is 0.358 e. The van der Waals surface area contributed by atoms with Crippen molar-refractivity contribution < 1.29 is 19.1 Å². The molecule has 7 nitrogen and oxygen atoms in total. The molecular weight excluding hydrogens is 426 g/mol. The second kappa shape index (κ2) is 11.1. The van der Waals surface area contributed by atoms with Gasteiger partial charge in [-0.25, -0.2) is 9.78 Å². The molecule has 0 aliphatic rings. The summed E-state index contributed by atoms with van der Waals surface area (Å²) in [6, 6.07) is 16.8. The summed E-state index contributed by atoms with van der Waals surface area (Å²) in [6.45, 7) is 4.16. The Labute approximate surface area is 190 Å². The molecule has 164 valence electrons. The van der Waals surface area contributed by atoms with E-state index in [0.717, 1.165) is 11.1 Å². The van der Waals surface area contributed by atoms with E-state index in [1.807, 2.05) is 44.2 Å². The van der Waals surface area contributed by atoms with Crippen molar-refractivity contribution in [3.63, 3.8) is 0 Å². The number of rotatable bonds is 9. The van der Waals surface area contributed by atoms with E-state index in [9.17, 15) is 9.59 Å². The molecule has 0 atom stereocenters. The van der Waals surface area contributed by atoms with Crippen molar-refractivity contribution in [2.24, 2.45) is 0 Å². The molecule has 3 rings (SSSR count). The first-order valence-corrected chi connectivity index (χ1v) is 11.0. The van der Waals surface area contributed by atoms with Crippen molar-refractivity contribution in [2.45, 2.75) is 20.3 Å². The number of esters is 1. The lowest BCUT2D eigenvalue weighted by molar-refractivity contribution is -0.121.